The van der Waals surface area contributed by atoms with Gasteiger partial charge in [-0.25, -0.2) is 4.98 Å². The number of aromatic nitrogens is 1. The Bertz CT molecular complexity index is 787. The summed E-state index contributed by atoms with van der Waals surface area (Å²) in [7, 11) is 3.09. The summed E-state index contributed by atoms with van der Waals surface area (Å²) in [5.74, 6) is 0.995. The summed E-state index contributed by atoms with van der Waals surface area (Å²) in [6.45, 7) is 2.93. The number of halogens is 1. The summed E-state index contributed by atoms with van der Waals surface area (Å²) < 4.78 is 10.5. The van der Waals surface area contributed by atoms with Crippen LogP contribution < -0.4 is 14.4 Å². The third-order valence-electron chi connectivity index (χ3n) is 4.16. The number of nitrogens with zero attached hydrogens (tertiary/aromatic N) is 3. The van der Waals surface area contributed by atoms with Crippen LogP contribution >= 0.6 is 22.9 Å². The van der Waals surface area contributed by atoms with Gasteiger partial charge in [-0.15, -0.1) is 11.3 Å². The molecule has 0 atom stereocenters. The van der Waals surface area contributed by atoms with Crippen LogP contribution in [0.15, 0.2) is 29.8 Å². The number of hydrogen-bond donors (Lipinski definition) is 0. The molecule has 0 N–H and O–H groups in total. The average molecular weight is 394 g/mol. The average Bonchev–Trinajstić information content (AvgIpc) is 3.20. The zero-order chi connectivity index (χ0) is 18.5. The second-order valence-corrected chi connectivity index (χ2v) is 6.98. The van der Waals surface area contributed by atoms with Gasteiger partial charge in [0, 0.05) is 43.8 Å². The van der Waals surface area contributed by atoms with Crippen LogP contribution in [0.2, 0.25) is 5.02 Å². The molecule has 1 aromatic heterocycles. The summed E-state index contributed by atoms with van der Waals surface area (Å²) in [6, 6.07) is 3.53. The van der Waals surface area contributed by atoms with Crippen LogP contribution in [-0.4, -0.2) is 56.2 Å². The van der Waals surface area contributed by atoms with Crippen molar-refractivity contribution in [3.63, 3.8) is 0 Å². The highest BCUT2D eigenvalue weighted by Crippen LogP contribution is 2.36. The number of anilines is 1. The van der Waals surface area contributed by atoms with Gasteiger partial charge < -0.3 is 19.3 Å². The molecule has 0 aliphatic carbocycles. The topological polar surface area (TPSA) is 54.9 Å². The molecule has 1 aromatic carbocycles. The van der Waals surface area contributed by atoms with Gasteiger partial charge in [0.25, 0.3) is 0 Å². The first-order chi connectivity index (χ1) is 12.6. The summed E-state index contributed by atoms with van der Waals surface area (Å²) in [6.07, 6.45) is 5.11. The first-order valence-electron chi connectivity index (χ1n) is 8.15. The normalized spacial score (nSPS) is 14.7. The Morgan fingerprint density at radius 2 is 2.00 bits per heavy atom. The standard InChI is InChI=1S/C18H20ClN3O3S/c1-24-15-12-13(11-14(19)17(15)25-2)3-4-16(23)21-6-8-22(9-7-21)18-20-5-10-26-18/h3-5,10-12H,6-9H2,1-2H3/b4-3+. The Kier molecular flexibility index (Phi) is 6.00. The maximum atomic E-state index is 12.4. The van der Waals surface area contributed by atoms with Gasteiger partial charge in [0.05, 0.1) is 19.2 Å². The molecule has 1 fully saturated rings. The predicted octanol–water partition coefficient (Wildman–Crippen LogP) is 3.18. The molecule has 2 heterocycles. The van der Waals surface area contributed by atoms with Gasteiger partial charge in [-0.05, 0) is 23.8 Å². The molecular weight excluding hydrogens is 374 g/mol. The maximum Gasteiger partial charge on any atom is 0.246 e. The van der Waals surface area contributed by atoms with E-state index in [1.165, 1.54) is 7.11 Å². The molecule has 1 aliphatic heterocycles. The number of hydrogen-bond acceptors (Lipinski definition) is 6. The van der Waals surface area contributed by atoms with E-state index in [4.69, 9.17) is 21.1 Å². The molecule has 1 saturated heterocycles. The van der Waals surface area contributed by atoms with Crippen LogP contribution in [0, 0.1) is 0 Å². The molecule has 26 heavy (non-hydrogen) atoms. The van der Waals surface area contributed by atoms with Gasteiger partial charge in [0.1, 0.15) is 0 Å². The lowest BCUT2D eigenvalue weighted by Crippen LogP contribution is -2.48. The second-order valence-electron chi connectivity index (χ2n) is 5.70. The molecule has 0 radical (unpaired) electrons. The minimum atomic E-state index is -0.0188. The van der Waals surface area contributed by atoms with E-state index in [9.17, 15) is 4.79 Å². The van der Waals surface area contributed by atoms with Crippen molar-refractivity contribution in [1.82, 2.24) is 9.88 Å². The van der Waals surface area contributed by atoms with Crippen molar-refractivity contribution < 1.29 is 14.3 Å². The number of thiazole rings is 1. The van der Waals surface area contributed by atoms with Gasteiger partial charge in [-0.1, -0.05) is 11.6 Å². The van der Waals surface area contributed by atoms with E-state index in [1.807, 2.05) is 10.3 Å². The molecule has 3 rings (SSSR count). The number of methoxy groups -OCH3 is 2. The van der Waals surface area contributed by atoms with Crippen molar-refractivity contribution in [2.24, 2.45) is 0 Å². The summed E-state index contributed by atoms with van der Waals surface area (Å²) in [5, 5.41) is 3.41. The Labute approximate surface area is 161 Å². The number of rotatable bonds is 5. The third-order valence-corrected chi connectivity index (χ3v) is 5.27. The Morgan fingerprint density at radius 3 is 2.62 bits per heavy atom. The first-order valence-corrected chi connectivity index (χ1v) is 9.41. The zero-order valence-corrected chi connectivity index (χ0v) is 16.2. The fraction of sp³-hybridized carbons (Fsp3) is 0.333. The number of ether oxygens (including phenoxy) is 2. The molecular formula is C18H20ClN3O3S. The highest BCUT2D eigenvalue weighted by Gasteiger charge is 2.21. The van der Waals surface area contributed by atoms with Gasteiger partial charge in [-0.3, -0.25) is 4.79 Å². The van der Waals surface area contributed by atoms with Crippen molar-refractivity contribution in [3.05, 3.63) is 40.4 Å². The minimum absolute atomic E-state index is 0.0188. The van der Waals surface area contributed by atoms with Crippen molar-refractivity contribution in [2.45, 2.75) is 0 Å². The Morgan fingerprint density at radius 1 is 1.23 bits per heavy atom. The predicted molar refractivity (Wildman–Crippen MR) is 104 cm³/mol. The van der Waals surface area contributed by atoms with Crippen LogP contribution in [0.4, 0.5) is 5.13 Å². The van der Waals surface area contributed by atoms with Crippen LogP contribution in [-0.2, 0) is 4.79 Å². The fourth-order valence-electron chi connectivity index (χ4n) is 2.80. The lowest BCUT2D eigenvalue weighted by molar-refractivity contribution is -0.126. The molecule has 6 nitrogen and oxygen atoms in total. The molecule has 138 valence electrons. The number of benzene rings is 1. The van der Waals surface area contributed by atoms with Crippen molar-refractivity contribution in [3.8, 4) is 11.5 Å². The second kappa shape index (κ2) is 8.42. The van der Waals surface area contributed by atoms with Gasteiger partial charge in [0.15, 0.2) is 16.6 Å². The highest BCUT2D eigenvalue weighted by atomic mass is 35.5. The van der Waals surface area contributed by atoms with Crippen molar-refractivity contribution in [1.29, 1.82) is 0 Å². The van der Waals surface area contributed by atoms with Crippen LogP contribution in [0.3, 0.4) is 0 Å². The van der Waals surface area contributed by atoms with Crippen molar-refractivity contribution in [2.75, 3.05) is 45.3 Å². The van der Waals surface area contributed by atoms with E-state index in [-0.39, 0.29) is 5.91 Å². The maximum absolute atomic E-state index is 12.4. The molecule has 0 saturated carbocycles. The summed E-state index contributed by atoms with van der Waals surface area (Å²) in [5.41, 5.74) is 0.780. The smallest absolute Gasteiger partial charge is 0.246 e. The first kappa shape index (κ1) is 18.5. The third kappa shape index (κ3) is 4.11. The Balaban J connectivity index is 1.62. The van der Waals surface area contributed by atoms with E-state index in [2.05, 4.69) is 9.88 Å². The van der Waals surface area contributed by atoms with E-state index in [0.29, 0.717) is 29.6 Å². The number of piperazine rings is 1. The molecule has 0 bridgehead atoms. The number of amides is 1. The minimum Gasteiger partial charge on any atom is -0.493 e. The molecule has 0 spiro atoms. The van der Waals surface area contributed by atoms with Crippen LogP contribution in [0.5, 0.6) is 11.5 Å². The molecule has 1 amide bonds. The van der Waals surface area contributed by atoms with Crippen LogP contribution in [0.25, 0.3) is 6.08 Å². The summed E-state index contributed by atoms with van der Waals surface area (Å²) >= 11 is 7.81. The van der Waals surface area contributed by atoms with Crippen molar-refractivity contribution >= 4 is 40.1 Å². The van der Waals surface area contributed by atoms with Gasteiger partial charge in [0.2, 0.25) is 5.91 Å². The fourth-order valence-corrected chi connectivity index (χ4v) is 3.79. The largest absolute Gasteiger partial charge is 0.493 e. The van der Waals surface area contributed by atoms with Crippen LogP contribution in [0.1, 0.15) is 5.56 Å². The molecule has 0 unspecified atom stereocenters. The number of carbonyl (C=O) groups excluding carboxylic acids is 1. The van der Waals surface area contributed by atoms with Gasteiger partial charge in [-0.2, -0.15) is 0 Å². The van der Waals surface area contributed by atoms with E-state index in [0.717, 1.165) is 23.8 Å². The lowest BCUT2D eigenvalue weighted by Gasteiger charge is -2.34. The number of carbonyl (C=O) groups is 1. The quantitative estimate of drug-likeness (QED) is 0.730. The Hall–Kier alpha value is -2.25. The monoisotopic (exact) mass is 393 g/mol. The van der Waals surface area contributed by atoms with E-state index < -0.39 is 0 Å². The molecule has 8 heteroatoms. The van der Waals surface area contributed by atoms with E-state index >= 15 is 0 Å². The SMILES string of the molecule is COc1cc(/C=C/C(=O)N2CCN(c3nccs3)CC2)cc(Cl)c1OC. The van der Waals surface area contributed by atoms with Gasteiger partial charge >= 0.3 is 0 Å². The van der Waals surface area contributed by atoms with E-state index in [1.54, 1.807) is 48.9 Å². The molecule has 2 aromatic rings. The lowest BCUT2D eigenvalue weighted by atomic mass is 10.1. The zero-order valence-electron chi connectivity index (χ0n) is 14.6. The molecule has 1 aliphatic rings. The summed E-state index contributed by atoms with van der Waals surface area (Å²) in [4.78, 5) is 20.8. The highest BCUT2D eigenvalue weighted by molar-refractivity contribution is 7.13.